The Hall–Kier alpha value is -2.94. The van der Waals surface area contributed by atoms with E-state index >= 15 is 0 Å². The van der Waals surface area contributed by atoms with Crippen molar-refractivity contribution in [2.45, 2.75) is 51.6 Å². The first-order valence-electron chi connectivity index (χ1n) is 10.1. The summed E-state index contributed by atoms with van der Waals surface area (Å²) in [4.78, 5) is 6.34. The van der Waals surface area contributed by atoms with Gasteiger partial charge < -0.3 is 15.2 Å². The van der Waals surface area contributed by atoms with Gasteiger partial charge in [0.1, 0.15) is 6.04 Å². The van der Waals surface area contributed by atoms with Crippen molar-refractivity contribution in [3.63, 3.8) is 0 Å². The van der Waals surface area contributed by atoms with Gasteiger partial charge >= 0.3 is 0 Å². The Morgan fingerprint density at radius 3 is 2.83 bits per heavy atom. The van der Waals surface area contributed by atoms with Crippen LogP contribution in [-0.2, 0) is 13.0 Å². The SMILES string of the molecule is CCCCc1cn(Cc2ccc(-c3noc(C4CCCN4C(=N)N)n3)cc2)nn1.Cl. The van der Waals surface area contributed by atoms with Crippen LogP contribution in [0.15, 0.2) is 35.0 Å². The topological polar surface area (TPSA) is 123 Å². The van der Waals surface area contributed by atoms with Gasteiger partial charge in [0.05, 0.1) is 12.2 Å². The van der Waals surface area contributed by atoms with Crippen molar-refractivity contribution >= 4 is 18.4 Å². The predicted octanol–water partition coefficient (Wildman–Crippen LogP) is 3.17. The number of halogens is 1. The minimum atomic E-state index is -0.109. The van der Waals surface area contributed by atoms with E-state index in [1.165, 1.54) is 0 Å². The number of nitrogens with two attached hydrogens (primary N) is 1. The fraction of sp³-hybridized carbons (Fsp3) is 0.450. The molecule has 3 N–H and O–H groups in total. The summed E-state index contributed by atoms with van der Waals surface area (Å²) >= 11 is 0. The van der Waals surface area contributed by atoms with Crippen molar-refractivity contribution in [1.29, 1.82) is 5.41 Å². The number of aromatic nitrogens is 5. The third kappa shape index (κ3) is 4.79. The standard InChI is InChI=1S/C20H26N8O.ClH/c1-2-3-5-16-13-27(26-24-16)12-14-7-9-15(10-8-14)18-23-19(29-25-18)17-6-4-11-28(17)20(21)22;/h7-10,13,17H,2-6,11-12H2,1H3,(H3,21,22);1H. The van der Waals surface area contributed by atoms with E-state index in [1.54, 1.807) is 4.90 Å². The quantitative estimate of drug-likeness (QED) is 0.435. The smallest absolute Gasteiger partial charge is 0.249 e. The monoisotopic (exact) mass is 430 g/mol. The molecule has 0 aliphatic carbocycles. The van der Waals surface area contributed by atoms with Crippen molar-refractivity contribution in [2.24, 2.45) is 5.73 Å². The molecule has 0 amide bonds. The first-order valence-corrected chi connectivity index (χ1v) is 10.1. The Balaban J connectivity index is 0.00000256. The number of hydrogen-bond acceptors (Lipinski definition) is 6. The molecule has 1 unspecified atom stereocenters. The highest BCUT2D eigenvalue weighted by Gasteiger charge is 2.31. The molecule has 1 aliphatic rings. The van der Waals surface area contributed by atoms with Crippen LogP contribution in [0, 0.1) is 5.41 Å². The van der Waals surface area contributed by atoms with Gasteiger partial charge in [0.25, 0.3) is 0 Å². The van der Waals surface area contributed by atoms with E-state index in [9.17, 15) is 0 Å². The predicted molar refractivity (Wildman–Crippen MR) is 115 cm³/mol. The number of benzene rings is 1. The largest absolute Gasteiger partial charge is 0.370 e. The van der Waals surface area contributed by atoms with Crippen molar-refractivity contribution in [2.75, 3.05) is 6.54 Å². The number of nitrogens with one attached hydrogen (secondary N) is 1. The van der Waals surface area contributed by atoms with E-state index in [-0.39, 0.29) is 24.4 Å². The van der Waals surface area contributed by atoms with Gasteiger partial charge in [-0.05, 0) is 31.2 Å². The van der Waals surface area contributed by atoms with Gasteiger partial charge in [-0.2, -0.15) is 4.98 Å². The highest BCUT2D eigenvalue weighted by Crippen LogP contribution is 2.31. The lowest BCUT2D eigenvalue weighted by Gasteiger charge is -2.21. The first kappa shape index (κ1) is 21.8. The molecule has 30 heavy (non-hydrogen) atoms. The molecule has 1 atom stereocenters. The molecule has 1 aromatic carbocycles. The van der Waals surface area contributed by atoms with Crippen molar-refractivity contribution in [1.82, 2.24) is 30.0 Å². The van der Waals surface area contributed by atoms with Crippen LogP contribution in [0.1, 0.15) is 55.8 Å². The molecule has 9 nitrogen and oxygen atoms in total. The zero-order chi connectivity index (χ0) is 20.2. The van der Waals surface area contributed by atoms with Gasteiger partial charge in [0.2, 0.25) is 11.7 Å². The molecule has 10 heteroatoms. The highest BCUT2D eigenvalue weighted by molar-refractivity contribution is 5.85. The molecule has 3 aromatic rings. The van der Waals surface area contributed by atoms with E-state index in [0.717, 1.165) is 55.5 Å². The number of rotatable bonds is 7. The molecule has 0 bridgehead atoms. The molecule has 1 fully saturated rings. The van der Waals surface area contributed by atoms with E-state index in [0.29, 0.717) is 18.3 Å². The summed E-state index contributed by atoms with van der Waals surface area (Å²) in [5, 5.41) is 20.2. The molecule has 0 radical (unpaired) electrons. The Morgan fingerprint density at radius 1 is 1.30 bits per heavy atom. The van der Waals surface area contributed by atoms with E-state index in [1.807, 2.05) is 35.1 Å². The Morgan fingerprint density at radius 2 is 2.10 bits per heavy atom. The zero-order valence-corrected chi connectivity index (χ0v) is 17.8. The number of guanidine groups is 1. The normalized spacial score (nSPS) is 15.9. The minimum Gasteiger partial charge on any atom is -0.370 e. The molecule has 3 heterocycles. The van der Waals surface area contributed by atoms with Crippen molar-refractivity contribution in [3.8, 4) is 11.4 Å². The summed E-state index contributed by atoms with van der Waals surface area (Å²) in [6, 6.07) is 7.93. The summed E-state index contributed by atoms with van der Waals surface area (Å²) in [6.45, 7) is 3.59. The van der Waals surface area contributed by atoms with Gasteiger partial charge in [-0.15, -0.1) is 17.5 Å². The average molecular weight is 431 g/mol. The lowest BCUT2D eigenvalue weighted by Crippen LogP contribution is -2.35. The second-order valence-corrected chi connectivity index (χ2v) is 7.40. The van der Waals surface area contributed by atoms with Gasteiger partial charge in [-0.1, -0.05) is 48.0 Å². The third-order valence-electron chi connectivity index (χ3n) is 5.22. The molecular formula is C20H27ClN8O. The molecule has 1 aliphatic heterocycles. The summed E-state index contributed by atoms with van der Waals surface area (Å²) < 4.78 is 7.33. The van der Waals surface area contributed by atoms with Crippen LogP contribution in [0.4, 0.5) is 0 Å². The van der Waals surface area contributed by atoms with Crippen LogP contribution in [0.2, 0.25) is 0 Å². The van der Waals surface area contributed by atoms with E-state index in [4.69, 9.17) is 15.7 Å². The molecule has 1 saturated heterocycles. The molecule has 4 rings (SSSR count). The Labute approximate surface area is 181 Å². The summed E-state index contributed by atoms with van der Waals surface area (Å²) in [5.74, 6) is 1.10. The Bertz CT molecular complexity index is 967. The van der Waals surface area contributed by atoms with Crippen LogP contribution >= 0.6 is 12.4 Å². The van der Waals surface area contributed by atoms with E-state index < -0.39 is 0 Å². The third-order valence-corrected chi connectivity index (χ3v) is 5.22. The van der Waals surface area contributed by atoms with Gasteiger partial charge in [-0.3, -0.25) is 5.41 Å². The lowest BCUT2D eigenvalue weighted by molar-refractivity contribution is 0.283. The number of nitrogens with zero attached hydrogens (tertiary/aromatic N) is 6. The van der Waals surface area contributed by atoms with Crippen LogP contribution in [0.25, 0.3) is 11.4 Å². The second kappa shape index (κ2) is 9.71. The van der Waals surface area contributed by atoms with Crippen molar-refractivity contribution in [3.05, 3.63) is 47.6 Å². The molecule has 0 saturated carbocycles. The van der Waals surface area contributed by atoms with Crippen molar-refractivity contribution < 1.29 is 4.52 Å². The van der Waals surface area contributed by atoms with Gasteiger partial charge in [0, 0.05) is 18.3 Å². The van der Waals surface area contributed by atoms with E-state index in [2.05, 4.69) is 27.4 Å². The number of hydrogen-bond donors (Lipinski definition) is 2. The molecule has 0 spiro atoms. The molecule has 160 valence electrons. The maximum Gasteiger partial charge on any atom is 0.249 e. The fourth-order valence-electron chi connectivity index (χ4n) is 3.63. The highest BCUT2D eigenvalue weighted by atomic mass is 35.5. The first-order chi connectivity index (χ1) is 14.1. The van der Waals surface area contributed by atoms with Crippen LogP contribution in [0.5, 0.6) is 0 Å². The zero-order valence-electron chi connectivity index (χ0n) is 17.0. The van der Waals surface area contributed by atoms with Gasteiger partial charge in [0.15, 0.2) is 5.96 Å². The average Bonchev–Trinajstić information content (AvgIpc) is 3.47. The number of unbranched alkanes of at least 4 members (excludes halogenated alkanes) is 1. The molecular weight excluding hydrogens is 404 g/mol. The van der Waals surface area contributed by atoms with Crippen LogP contribution in [0.3, 0.4) is 0 Å². The number of likely N-dealkylation sites (tertiary alicyclic amines) is 1. The summed E-state index contributed by atoms with van der Waals surface area (Å²) in [7, 11) is 0. The fourth-order valence-corrected chi connectivity index (χ4v) is 3.63. The minimum absolute atomic E-state index is 0. The maximum absolute atomic E-state index is 7.69. The maximum atomic E-state index is 7.69. The molecule has 2 aromatic heterocycles. The summed E-state index contributed by atoms with van der Waals surface area (Å²) in [6.07, 6.45) is 7.08. The Kier molecular flexibility index (Phi) is 7.04. The number of aryl methyl sites for hydroxylation is 1. The van der Waals surface area contributed by atoms with Crippen LogP contribution in [-0.4, -0.2) is 42.5 Å². The van der Waals surface area contributed by atoms with Crippen LogP contribution < -0.4 is 5.73 Å². The summed E-state index contributed by atoms with van der Waals surface area (Å²) in [5.41, 5.74) is 8.71. The lowest BCUT2D eigenvalue weighted by atomic mass is 10.1. The second-order valence-electron chi connectivity index (χ2n) is 7.40. The van der Waals surface area contributed by atoms with Gasteiger partial charge in [-0.25, -0.2) is 4.68 Å².